The maximum absolute atomic E-state index is 12.9. The van der Waals surface area contributed by atoms with Gasteiger partial charge in [-0.3, -0.25) is 14.5 Å². The summed E-state index contributed by atoms with van der Waals surface area (Å²) in [5.41, 5.74) is 1.43. The van der Waals surface area contributed by atoms with Crippen molar-refractivity contribution in [2.75, 3.05) is 45.8 Å². The van der Waals surface area contributed by atoms with Gasteiger partial charge >= 0.3 is 0 Å². The van der Waals surface area contributed by atoms with E-state index in [9.17, 15) is 9.59 Å². The van der Waals surface area contributed by atoms with Crippen molar-refractivity contribution < 1.29 is 14.1 Å². The quantitative estimate of drug-likeness (QED) is 0.748. The van der Waals surface area contributed by atoms with Gasteiger partial charge in [-0.15, -0.1) is 0 Å². The van der Waals surface area contributed by atoms with Crippen LogP contribution in [-0.2, 0) is 4.79 Å². The van der Waals surface area contributed by atoms with Gasteiger partial charge in [-0.05, 0) is 49.4 Å². The van der Waals surface area contributed by atoms with E-state index in [1.807, 2.05) is 21.9 Å². The highest BCUT2D eigenvalue weighted by Gasteiger charge is 2.28. The van der Waals surface area contributed by atoms with Crippen molar-refractivity contribution in [1.82, 2.24) is 24.8 Å². The van der Waals surface area contributed by atoms with Gasteiger partial charge < -0.3 is 14.3 Å². The molecule has 2 unspecified atom stereocenters. The minimum Gasteiger partial charge on any atom is -0.341 e. The number of amides is 2. The van der Waals surface area contributed by atoms with E-state index >= 15 is 0 Å². The van der Waals surface area contributed by atoms with E-state index in [-0.39, 0.29) is 11.8 Å². The molecule has 2 aromatic rings. The van der Waals surface area contributed by atoms with Crippen LogP contribution in [0.3, 0.4) is 0 Å². The van der Waals surface area contributed by atoms with Gasteiger partial charge in [-0.2, -0.15) is 4.98 Å². The third kappa shape index (κ3) is 5.12. The van der Waals surface area contributed by atoms with Crippen LogP contribution in [-0.4, -0.2) is 82.5 Å². The van der Waals surface area contributed by atoms with Gasteiger partial charge in [0.1, 0.15) is 0 Å². The van der Waals surface area contributed by atoms with Crippen LogP contribution in [0.4, 0.5) is 0 Å². The first-order valence-electron chi connectivity index (χ1n) is 11.1. The molecule has 2 aliphatic rings. The minimum atomic E-state index is 0.0120. The number of piperazine rings is 1. The predicted octanol–water partition coefficient (Wildman–Crippen LogP) is 2.31. The minimum absolute atomic E-state index is 0.0120. The number of hydrogen-bond donors (Lipinski definition) is 0. The maximum atomic E-state index is 12.9. The zero-order chi connectivity index (χ0) is 22.0. The van der Waals surface area contributed by atoms with Crippen molar-refractivity contribution >= 4 is 11.8 Å². The molecule has 166 valence electrons. The highest BCUT2D eigenvalue weighted by Crippen LogP contribution is 2.22. The number of carbonyl (C=O) groups excluding carboxylic acids is 2. The Morgan fingerprint density at radius 3 is 2.23 bits per heavy atom. The van der Waals surface area contributed by atoms with E-state index in [1.54, 1.807) is 19.1 Å². The topological polar surface area (TPSA) is 82.8 Å². The standard InChI is InChI=1S/C23H31N5O3/c1-16-12-17(2)14-28(13-16)21(29)15-26-8-10-27(11-9-26)23(30)20-6-4-19(5-7-20)22-24-18(3)25-31-22/h4-7,16-17H,8-15H2,1-3H3. The lowest BCUT2D eigenvalue weighted by molar-refractivity contribution is -0.135. The molecule has 8 nitrogen and oxygen atoms in total. The van der Waals surface area contributed by atoms with E-state index < -0.39 is 0 Å². The van der Waals surface area contributed by atoms with E-state index in [1.165, 1.54) is 6.42 Å². The number of aromatic nitrogens is 2. The van der Waals surface area contributed by atoms with Gasteiger partial charge in [0.15, 0.2) is 5.82 Å². The van der Waals surface area contributed by atoms with Gasteiger partial charge in [-0.1, -0.05) is 19.0 Å². The Morgan fingerprint density at radius 2 is 1.65 bits per heavy atom. The third-order valence-corrected chi connectivity index (χ3v) is 6.15. The predicted molar refractivity (Wildman–Crippen MR) is 116 cm³/mol. The number of piperidine rings is 1. The van der Waals surface area contributed by atoms with Crippen LogP contribution in [0.25, 0.3) is 11.5 Å². The molecule has 4 rings (SSSR count). The Morgan fingerprint density at radius 1 is 1.00 bits per heavy atom. The molecule has 8 heteroatoms. The molecule has 0 saturated carbocycles. The summed E-state index contributed by atoms with van der Waals surface area (Å²) in [7, 11) is 0. The average molecular weight is 426 g/mol. The molecule has 0 spiro atoms. The summed E-state index contributed by atoms with van der Waals surface area (Å²) in [4.78, 5) is 35.9. The fourth-order valence-electron chi connectivity index (χ4n) is 4.62. The number of nitrogens with zero attached hydrogens (tertiary/aromatic N) is 5. The molecule has 2 atom stereocenters. The van der Waals surface area contributed by atoms with Gasteiger partial charge in [0.2, 0.25) is 5.91 Å². The number of rotatable bonds is 4. The van der Waals surface area contributed by atoms with Crippen LogP contribution in [0, 0.1) is 18.8 Å². The smallest absolute Gasteiger partial charge is 0.257 e. The first-order chi connectivity index (χ1) is 14.9. The summed E-state index contributed by atoms with van der Waals surface area (Å²) < 4.78 is 5.17. The lowest BCUT2D eigenvalue weighted by Gasteiger charge is -2.38. The molecule has 2 aliphatic heterocycles. The number of likely N-dealkylation sites (tertiary alicyclic amines) is 1. The van der Waals surface area contributed by atoms with E-state index in [0.717, 1.165) is 31.7 Å². The molecular formula is C23H31N5O3. The Bertz CT molecular complexity index is 908. The average Bonchev–Trinajstić information content (AvgIpc) is 3.19. The number of hydrogen-bond acceptors (Lipinski definition) is 6. The molecule has 2 amide bonds. The van der Waals surface area contributed by atoms with Crippen molar-refractivity contribution in [3.63, 3.8) is 0 Å². The van der Waals surface area contributed by atoms with Gasteiger partial charge in [-0.25, -0.2) is 0 Å². The Balaban J connectivity index is 1.28. The Labute approximate surface area is 183 Å². The largest absolute Gasteiger partial charge is 0.341 e. The Hall–Kier alpha value is -2.74. The van der Waals surface area contributed by atoms with Crippen molar-refractivity contribution in [3.8, 4) is 11.5 Å². The van der Waals surface area contributed by atoms with E-state index in [0.29, 0.717) is 48.7 Å². The summed E-state index contributed by atoms with van der Waals surface area (Å²) in [5, 5.41) is 3.80. The van der Waals surface area contributed by atoms with Crippen LogP contribution in [0.15, 0.2) is 28.8 Å². The van der Waals surface area contributed by atoms with Gasteiger partial charge in [0, 0.05) is 50.4 Å². The molecular weight excluding hydrogens is 394 g/mol. The number of benzene rings is 1. The normalized spacial score (nSPS) is 22.5. The van der Waals surface area contributed by atoms with Crippen LogP contribution in [0.2, 0.25) is 0 Å². The lowest BCUT2D eigenvalue weighted by atomic mass is 9.92. The maximum Gasteiger partial charge on any atom is 0.257 e. The van der Waals surface area contributed by atoms with E-state index in [4.69, 9.17) is 4.52 Å². The second-order valence-electron chi connectivity index (χ2n) is 9.04. The summed E-state index contributed by atoms with van der Waals surface area (Å²) in [6.07, 6.45) is 1.19. The van der Waals surface area contributed by atoms with E-state index in [2.05, 4.69) is 28.9 Å². The molecule has 0 aliphatic carbocycles. The molecule has 2 saturated heterocycles. The molecule has 2 fully saturated rings. The highest BCUT2D eigenvalue weighted by atomic mass is 16.5. The highest BCUT2D eigenvalue weighted by molar-refractivity contribution is 5.94. The van der Waals surface area contributed by atoms with Crippen molar-refractivity contribution in [2.24, 2.45) is 11.8 Å². The lowest BCUT2D eigenvalue weighted by Crippen LogP contribution is -2.53. The SMILES string of the molecule is Cc1noc(-c2ccc(C(=O)N3CCN(CC(=O)N4CC(C)CC(C)C4)CC3)cc2)n1. The monoisotopic (exact) mass is 425 g/mol. The van der Waals surface area contributed by atoms with Crippen molar-refractivity contribution in [1.29, 1.82) is 0 Å². The fraction of sp³-hybridized carbons (Fsp3) is 0.565. The third-order valence-electron chi connectivity index (χ3n) is 6.15. The second-order valence-corrected chi connectivity index (χ2v) is 9.04. The van der Waals surface area contributed by atoms with Crippen LogP contribution >= 0.6 is 0 Å². The molecule has 0 radical (unpaired) electrons. The molecule has 0 N–H and O–H groups in total. The van der Waals surface area contributed by atoms with Crippen LogP contribution in [0.1, 0.15) is 36.5 Å². The fourth-order valence-corrected chi connectivity index (χ4v) is 4.62. The second kappa shape index (κ2) is 9.18. The number of aryl methyl sites for hydroxylation is 1. The molecule has 31 heavy (non-hydrogen) atoms. The molecule has 0 bridgehead atoms. The first-order valence-corrected chi connectivity index (χ1v) is 11.1. The first kappa shape index (κ1) is 21.5. The zero-order valence-corrected chi connectivity index (χ0v) is 18.6. The molecule has 3 heterocycles. The molecule has 1 aromatic carbocycles. The van der Waals surface area contributed by atoms with Crippen LogP contribution < -0.4 is 0 Å². The number of carbonyl (C=O) groups is 2. The molecule has 1 aromatic heterocycles. The van der Waals surface area contributed by atoms with Gasteiger partial charge in [0.25, 0.3) is 11.8 Å². The Kier molecular flexibility index (Phi) is 6.36. The van der Waals surface area contributed by atoms with Crippen LogP contribution in [0.5, 0.6) is 0 Å². The van der Waals surface area contributed by atoms with Crippen molar-refractivity contribution in [3.05, 3.63) is 35.7 Å². The summed E-state index contributed by atoms with van der Waals surface area (Å²) in [6.45, 7) is 11.1. The zero-order valence-electron chi connectivity index (χ0n) is 18.6. The summed E-state index contributed by atoms with van der Waals surface area (Å²) in [6, 6.07) is 7.25. The van der Waals surface area contributed by atoms with Crippen molar-refractivity contribution in [2.45, 2.75) is 27.2 Å². The van der Waals surface area contributed by atoms with Gasteiger partial charge in [0.05, 0.1) is 6.54 Å². The summed E-state index contributed by atoms with van der Waals surface area (Å²) in [5.74, 6) is 2.39. The summed E-state index contributed by atoms with van der Waals surface area (Å²) >= 11 is 0.